The number of aromatic amines is 1. The molecule has 2 heterocycles. The SMILES string of the molecule is C[C@H]1C[C@@H]1c1ccc(CN(C(=O)Cn2ccc(=O)[nH]c2=O)C2CC2)o1. The van der Waals surface area contributed by atoms with Crippen molar-refractivity contribution in [1.82, 2.24) is 14.5 Å². The number of amides is 1. The van der Waals surface area contributed by atoms with Gasteiger partial charge in [-0.3, -0.25) is 19.1 Å². The van der Waals surface area contributed by atoms with E-state index in [0.717, 1.165) is 30.8 Å². The average Bonchev–Trinajstić information content (AvgIpc) is 3.48. The van der Waals surface area contributed by atoms with Crippen molar-refractivity contribution in [1.29, 1.82) is 0 Å². The van der Waals surface area contributed by atoms with Crippen LogP contribution in [0.25, 0.3) is 0 Å². The summed E-state index contributed by atoms with van der Waals surface area (Å²) < 4.78 is 7.14. The summed E-state index contributed by atoms with van der Waals surface area (Å²) in [5.41, 5.74) is -1.04. The number of hydrogen-bond acceptors (Lipinski definition) is 4. The van der Waals surface area contributed by atoms with Gasteiger partial charge in [0.2, 0.25) is 5.91 Å². The Morgan fingerprint density at radius 3 is 2.72 bits per heavy atom. The zero-order valence-corrected chi connectivity index (χ0v) is 14.1. The molecule has 1 N–H and O–H groups in total. The first-order valence-corrected chi connectivity index (χ1v) is 8.69. The van der Waals surface area contributed by atoms with Crippen molar-refractivity contribution in [3.8, 4) is 0 Å². The summed E-state index contributed by atoms with van der Waals surface area (Å²) in [6.45, 7) is 2.54. The predicted octanol–water partition coefficient (Wildman–Crippen LogP) is 1.44. The zero-order valence-electron chi connectivity index (χ0n) is 14.1. The minimum atomic E-state index is -0.570. The quantitative estimate of drug-likeness (QED) is 0.860. The molecule has 2 aromatic heterocycles. The second kappa shape index (κ2) is 6.06. The highest BCUT2D eigenvalue weighted by atomic mass is 16.3. The molecular formula is C18H21N3O4. The fraction of sp³-hybridized carbons (Fsp3) is 0.500. The summed E-state index contributed by atoms with van der Waals surface area (Å²) in [5, 5.41) is 0. The minimum Gasteiger partial charge on any atom is -0.464 e. The van der Waals surface area contributed by atoms with Gasteiger partial charge in [-0.15, -0.1) is 0 Å². The number of aromatic nitrogens is 2. The van der Waals surface area contributed by atoms with Crippen LogP contribution >= 0.6 is 0 Å². The van der Waals surface area contributed by atoms with E-state index in [1.165, 1.54) is 16.8 Å². The second-order valence-electron chi connectivity index (χ2n) is 7.11. The van der Waals surface area contributed by atoms with Crippen LogP contribution in [0, 0.1) is 5.92 Å². The van der Waals surface area contributed by atoms with Gasteiger partial charge in [0, 0.05) is 24.2 Å². The van der Waals surface area contributed by atoms with Crippen LogP contribution in [-0.4, -0.2) is 26.4 Å². The molecule has 0 bridgehead atoms. The Kier molecular flexibility index (Phi) is 3.86. The van der Waals surface area contributed by atoms with Crippen LogP contribution in [0.5, 0.6) is 0 Å². The molecule has 2 aromatic rings. The molecule has 2 saturated carbocycles. The Labute approximate surface area is 144 Å². The standard InChI is InChI=1S/C18H21N3O4/c1-11-8-14(11)15-5-4-13(25-15)9-21(12-2-3-12)17(23)10-20-7-6-16(22)19-18(20)24/h4-7,11-12,14H,2-3,8-10H2,1H3,(H,19,22,24)/t11-,14-/m0/s1. The van der Waals surface area contributed by atoms with E-state index in [0.29, 0.717) is 18.4 Å². The van der Waals surface area contributed by atoms with E-state index in [4.69, 9.17) is 4.42 Å². The van der Waals surface area contributed by atoms with Crippen LogP contribution in [0.3, 0.4) is 0 Å². The third kappa shape index (κ3) is 3.45. The van der Waals surface area contributed by atoms with Gasteiger partial charge >= 0.3 is 5.69 Å². The number of carbonyl (C=O) groups is 1. The number of hydrogen-bond donors (Lipinski definition) is 1. The van der Waals surface area contributed by atoms with E-state index in [-0.39, 0.29) is 18.5 Å². The number of H-pyrrole nitrogens is 1. The largest absolute Gasteiger partial charge is 0.464 e. The fourth-order valence-electron chi connectivity index (χ4n) is 3.18. The van der Waals surface area contributed by atoms with Gasteiger partial charge in [0.15, 0.2) is 0 Å². The summed E-state index contributed by atoms with van der Waals surface area (Å²) in [7, 11) is 0. The third-order valence-electron chi connectivity index (χ3n) is 4.99. The Hall–Kier alpha value is -2.57. The molecule has 2 fully saturated rings. The fourth-order valence-corrected chi connectivity index (χ4v) is 3.18. The van der Waals surface area contributed by atoms with E-state index in [2.05, 4.69) is 11.9 Å². The molecular weight excluding hydrogens is 322 g/mol. The molecule has 0 radical (unpaired) electrons. The lowest BCUT2D eigenvalue weighted by Crippen LogP contribution is -2.39. The van der Waals surface area contributed by atoms with Gasteiger partial charge in [0.1, 0.15) is 18.1 Å². The summed E-state index contributed by atoms with van der Waals surface area (Å²) in [5.74, 6) is 2.82. The van der Waals surface area contributed by atoms with Crippen LogP contribution in [0.4, 0.5) is 0 Å². The summed E-state index contributed by atoms with van der Waals surface area (Å²) >= 11 is 0. The molecule has 0 unspecified atom stereocenters. The molecule has 25 heavy (non-hydrogen) atoms. The lowest BCUT2D eigenvalue weighted by atomic mass is 10.3. The molecule has 0 aromatic carbocycles. The first-order valence-electron chi connectivity index (χ1n) is 8.69. The van der Waals surface area contributed by atoms with E-state index >= 15 is 0 Å². The molecule has 1 amide bonds. The molecule has 0 aliphatic heterocycles. The molecule has 0 spiro atoms. The van der Waals surface area contributed by atoms with Gasteiger partial charge in [0.25, 0.3) is 5.56 Å². The second-order valence-corrected chi connectivity index (χ2v) is 7.11. The van der Waals surface area contributed by atoms with E-state index < -0.39 is 11.2 Å². The van der Waals surface area contributed by atoms with Gasteiger partial charge in [-0.1, -0.05) is 6.92 Å². The molecule has 2 aliphatic rings. The lowest BCUT2D eigenvalue weighted by molar-refractivity contribution is -0.133. The van der Waals surface area contributed by atoms with Gasteiger partial charge < -0.3 is 9.32 Å². The summed E-state index contributed by atoms with van der Waals surface area (Å²) in [6.07, 6.45) is 4.45. The van der Waals surface area contributed by atoms with Crippen molar-refractivity contribution in [3.63, 3.8) is 0 Å². The van der Waals surface area contributed by atoms with E-state index in [1.807, 2.05) is 12.1 Å². The zero-order chi connectivity index (χ0) is 17.6. The lowest BCUT2D eigenvalue weighted by Gasteiger charge is -2.21. The maximum absolute atomic E-state index is 12.7. The monoisotopic (exact) mass is 343 g/mol. The Morgan fingerprint density at radius 1 is 1.32 bits per heavy atom. The Balaban J connectivity index is 1.47. The third-order valence-corrected chi connectivity index (χ3v) is 4.99. The first-order chi connectivity index (χ1) is 12.0. The van der Waals surface area contributed by atoms with Crippen molar-refractivity contribution >= 4 is 5.91 Å². The highest BCUT2D eigenvalue weighted by molar-refractivity contribution is 5.76. The van der Waals surface area contributed by atoms with Crippen LogP contribution in [0.2, 0.25) is 0 Å². The molecule has 132 valence electrons. The normalized spacial score (nSPS) is 22.0. The number of furan rings is 1. The Morgan fingerprint density at radius 2 is 2.08 bits per heavy atom. The minimum absolute atomic E-state index is 0.0840. The van der Waals surface area contributed by atoms with Crippen molar-refractivity contribution in [3.05, 3.63) is 56.8 Å². The number of nitrogens with one attached hydrogen (secondary N) is 1. The highest BCUT2D eigenvalue weighted by Crippen LogP contribution is 2.47. The van der Waals surface area contributed by atoms with Crippen LogP contribution in [0.15, 0.2) is 38.4 Å². The summed E-state index contributed by atoms with van der Waals surface area (Å²) in [6, 6.07) is 5.39. The van der Waals surface area contributed by atoms with Crippen LogP contribution < -0.4 is 11.2 Å². The molecule has 7 nitrogen and oxygen atoms in total. The van der Waals surface area contributed by atoms with Crippen molar-refractivity contribution in [2.75, 3.05) is 0 Å². The van der Waals surface area contributed by atoms with Gasteiger partial charge in [-0.05, 0) is 37.3 Å². The molecule has 4 rings (SSSR count). The Bertz CT molecular complexity index is 905. The van der Waals surface area contributed by atoms with Crippen LogP contribution in [0.1, 0.15) is 43.6 Å². The molecule has 7 heteroatoms. The number of nitrogens with zero attached hydrogens (tertiary/aromatic N) is 2. The maximum Gasteiger partial charge on any atom is 0.328 e. The van der Waals surface area contributed by atoms with Crippen molar-refractivity contribution in [2.45, 2.75) is 51.2 Å². The smallest absolute Gasteiger partial charge is 0.328 e. The van der Waals surface area contributed by atoms with Gasteiger partial charge in [-0.2, -0.15) is 0 Å². The van der Waals surface area contributed by atoms with E-state index in [1.54, 1.807) is 4.90 Å². The topological polar surface area (TPSA) is 88.3 Å². The van der Waals surface area contributed by atoms with E-state index in [9.17, 15) is 14.4 Å². The molecule has 0 saturated heterocycles. The molecule has 2 atom stereocenters. The van der Waals surface area contributed by atoms with Crippen molar-refractivity contribution in [2.24, 2.45) is 5.92 Å². The van der Waals surface area contributed by atoms with Gasteiger partial charge in [-0.25, -0.2) is 4.79 Å². The maximum atomic E-state index is 12.7. The predicted molar refractivity (Wildman–Crippen MR) is 90.1 cm³/mol. The summed E-state index contributed by atoms with van der Waals surface area (Å²) in [4.78, 5) is 39.5. The van der Waals surface area contributed by atoms with Crippen molar-refractivity contribution < 1.29 is 9.21 Å². The van der Waals surface area contributed by atoms with Crippen LogP contribution in [-0.2, 0) is 17.9 Å². The number of carbonyl (C=O) groups excluding carboxylic acids is 1. The first kappa shape index (κ1) is 15.9. The number of rotatable bonds is 6. The highest BCUT2D eigenvalue weighted by Gasteiger charge is 2.37. The average molecular weight is 343 g/mol. The van der Waals surface area contributed by atoms with Gasteiger partial charge in [0.05, 0.1) is 6.54 Å². The molecule has 2 aliphatic carbocycles.